The van der Waals surface area contributed by atoms with Gasteiger partial charge in [-0.15, -0.1) is 0 Å². The summed E-state index contributed by atoms with van der Waals surface area (Å²) >= 11 is 8.29. The fraction of sp³-hybridized carbons (Fsp3) is 0.227. The second kappa shape index (κ2) is 10.1. The molecular formula is C22H22ClIN4O3. The summed E-state index contributed by atoms with van der Waals surface area (Å²) in [6.45, 7) is 4.20. The van der Waals surface area contributed by atoms with E-state index in [1.54, 1.807) is 31.3 Å². The van der Waals surface area contributed by atoms with E-state index in [0.717, 1.165) is 36.6 Å². The first kappa shape index (κ1) is 23.1. The first-order chi connectivity index (χ1) is 14.8. The van der Waals surface area contributed by atoms with Crippen molar-refractivity contribution in [1.29, 1.82) is 0 Å². The van der Waals surface area contributed by atoms with Gasteiger partial charge in [0.2, 0.25) is 0 Å². The first-order valence-electron chi connectivity index (χ1n) is 9.37. The SMILES string of the molecule is COc1ccc(C=NNC(=O)c2nn(C)cc2I)cc1COc1cc(C)c(Cl)c(C)c1. The molecule has 31 heavy (non-hydrogen) atoms. The predicted molar refractivity (Wildman–Crippen MR) is 129 cm³/mol. The van der Waals surface area contributed by atoms with Gasteiger partial charge in [0.1, 0.15) is 18.1 Å². The topological polar surface area (TPSA) is 77.7 Å². The minimum atomic E-state index is -0.369. The van der Waals surface area contributed by atoms with Gasteiger partial charge in [-0.05, 0) is 83.5 Å². The number of halogens is 2. The van der Waals surface area contributed by atoms with Crippen LogP contribution in [0.25, 0.3) is 0 Å². The van der Waals surface area contributed by atoms with Gasteiger partial charge in [-0.2, -0.15) is 10.2 Å². The van der Waals surface area contributed by atoms with Gasteiger partial charge in [-0.25, -0.2) is 5.43 Å². The molecule has 0 unspecified atom stereocenters. The van der Waals surface area contributed by atoms with Crippen LogP contribution in [0.1, 0.15) is 32.7 Å². The van der Waals surface area contributed by atoms with Crippen LogP contribution in [0, 0.1) is 17.4 Å². The molecule has 7 nitrogen and oxygen atoms in total. The Morgan fingerprint density at radius 3 is 2.61 bits per heavy atom. The Kier molecular flexibility index (Phi) is 7.55. The molecule has 3 aromatic rings. The lowest BCUT2D eigenvalue weighted by Gasteiger charge is -2.13. The highest BCUT2D eigenvalue weighted by molar-refractivity contribution is 14.1. The summed E-state index contributed by atoms with van der Waals surface area (Å²) in [5.41, 5.74) is 6.39. The summed E-state index contributed by atoms with van der Waals surface area (Å²) in [5, 5.41) is 8.91. The molecule has 0 radical (unpaired) electrons. The maximum Gasteiger partial charge on any atom is 0.292 e. The fourth-order valence-corrected chi connectivity index (χ4v) is 3.84. The number of carbonyl (C=O) groups excluding carboxylic acids is 1. The molecule has 0 atom stereocenters. The molecule has 1 N–H and O–H groups in total. The lowest BCUT2D eigenvalue weighted by Crippen LogP contribution is -2.19. The quantitative estimate of drug-likeness (QED) is 0.263. The van der Waals surface area contributed by atoms with E-state index in [-0.39, 0.29) is 5.91 Å². The summed E-state index contributed by atoms with van der Waals surface area (Å²) in [7, 11) is 3.37. The number of carbonyl (C=O) groups is 1. The van der Waals surface area contributed by atoms with Crippen LogP contribution in [-0.4, -0.2) is 29.0 Å². The number of hydrazone groups is 1. The minimum Gasteiger partial charge on any atom is -0.496 e. The van der Waals surface area contributed by atoms with E-state index in [2.05, 4.69) is 38.2 Å². The van der Waals surface area contributed by atoms with Crippen LogP contribution >= 0.6 is 34.2 Å². The predicted octanol–water partition coefficient (Wildman–Crippen LogP) is 4.65. The molecule has 3 rings (SSSR count). The summed E-state index contributed by atoms with van der Waals surface area (Å²) in [6.07, 6.45) is 3.33. The fourth-order valence-electron chi connectivity index (χ4n) is 2.97. The molecule has 1 heterocycles. The second-order valence-electron chi connectivity index (χ2n) is 6.93. The summed E-state index contributed by atoms with van der Waals surface area (Å²) in [5.74, 6) is 1.07. The van der Waals surface area contributed by atoms with E-state index in [4.69, 9.17) is 21.1 Å². The maximum absolute atomic E-state index is 12.2. The van der Waals surface area contributed by atoms with Gasteiger partial charge in [0, 0.05) is 23.8 Å². The van der Waals surface area contributed by atoms with E-state index in [0.29, 0.717) is 18.1 Å². The van der Waals surface area contributed by atoms with Gasteiger partial charge in [-0.1, -0.05) is 11.6 Å². The first-order valence-corrected chi connectivity index (χ1v) is 10.8. The lowest BCUT2D eigenvalue weighted by atomic mass is 10.1. The molecule has 0 fully saturated rings. The average molecular weight is 553 g/mol. The number of ether oxygens (including phenoxy) is 2. The summed E-state index contributed by atoms with van der Waals surface area (Å²) in [4.78, 5) is 12.2. The number of methoxy groups -OCH3 is 1. The normalized spacial score (nSPS) is 11.0. The minimum absolute atomic E-state index is 0.309. The number of amides is 1. The average Bonchev–Trinajstić information content (AvgIpc) is 3.08. The molecule has 0 saturated carbocycles. The summed E-state index contributed by atoms with van der Waals surface area (Å²) in [6, 6.07) is 9.39. The van der Waals surface area contributed by atoms with Gasteiger partial charge in [-0.3, -0.25) is 9.48 Å². The van der Waals surface area contributed by atoms with Crippen molar-refractivity contribution < 1.29 is 14.3 Å². The molecule has 0 aliphatic rings. The van der Waals surface area contributed by atoms with Crippen LogP contribution in [0.5, 0.6) is 11.5 Å². The maximum atomic E-state index is 12.2. The van der Waals surface area contributed by atoms with E-state index in [1.807, 2.05) is 44.2 Å². The van der Waals surface area contributed by atoms with Crippen molar-refractivity contribution in [3.8, 4) is 11.5 Å². The van der Waals surface area contributed by atoms with Crippen molar-refractivity contribution in [2.45, 2.75) is 20.5 Å². The Balaban J connectivity index is 1.70. The van der Waals surface area contributed by atoms with Crippen LogP contribution in [0.4, 0.5) is 0 Å². The number of hydrogen-bond acceptors (Lipinski definition) is 5. The van der Waals surface area contributed by atoms with Gasteiger partial charge < -0.3 is 9.47 Å². The Hall–Kier alpha value is -2.59. The molecule has 0 spiro atoms. The Bertz CT molecular complexity index is 1120. The van der Waals surface area contributed by atoms with Crippen molar-refractivity contribution in [3.63, 3.8) is 0 Å². The Morgan fingerprint density at radius 2 is 2.00 bits per heavy atom. The molecular weight excluding hydrogens is 531 g/mol. The third kappa shape index (κ3) is 5.76. The van der Waals surface area contributed by atoms with Crippen LogP contribution in [0.2, 0.25) is 5.02 Å². The highest BCUT2D eigenvalue weighted by Gasteiger charge is 2.13. The lowest BCUT2D eigenvalue weighted by molar-refractivity contribution is 0.0948. The third-order valence-electron chi connectivity index (χ3n) is 4.49. The van der Waals surface area contributed by atoms with Gasteiger partial charge in [0.05, 0.1) is 16.9 Å². The van der Waals surface area contributed by atoms with Gasteiger partial charge in [0.15, 0.2) is 5.69 Å². The van der Waals surface area contributed by atoms with Crippen molar-refractivity contribution >= 4 is 46.3 Å². The second-order valence-corrected chi connectivity index (χ2v) is 8.47. The highest BCUT2D eigenvalue weighted by atomic mass is 127. The van der Waals surface area contributed by atoms with E-state index >= 15 is 0 Å². The third-order valence-corrected chi connectivity index (χ3v) is 5.87. The Labute approximate surface area is 199 Å². The molecule has 0 aliphatic carbocycles. The smallest absolute Gasteiger partial charge is 0.292 e. The zero-order chi connectivity index (χ0) is 22.5. The van der Waals surface area contributed by atoms with Gasteiger partial charge >= 0.3 is 0 Å². The van der Waals surface area contributed by atoms with Crippen LogP contribution in [0.3, 0.4) is 0 Å². The molecule has 2 aromatic carbocycles. The van der Waals surface area contributed by atoms with Crippen LogP contribution < -0.4 is 14.9 Å². The van der Waals surface area contributed by atoms with Crippen molar-refractivity contribution in [2.75, 3.05) is 7.11 Å². The number of benzene rings is 2. The molecule has 162 valence electrons. The number of nitrogens with zero attached hydrogens (tertiary/aromatic N) is 3. The number of aryl methyl sites for hydroxylation is 3. The molecule has 0 bridgehead atoms. The standard InChI is InChI=1S/C22H22ClIN4O3/c1-13-7-17(8-14(2)20(13)23)31-12-16-9-15(5-6-19(16)30-4)10-25-26-22(29)21-18(24)11-28(3)27-21/h5-11H,12H2,1-4H3,(H,26,29). The molecule has 0 saturated heterocycles. The van der Waals surface area contributed by atoms with E-state index in [9.17, 15) is 4.79 Å². The molecule has 1 aromatic heterocycles. The molecule has 0 aliphatic heterocycles. The summed E-state index contributed by atoms with van der Waals surface area (Å²) < 4.78 is 13.7. The van der Waals surface area contributed by atoms with E-state index < -0.39 is 0 Å². The highest BCUT2D eigenvalue weighted by Crippen LogP contribution is 2.27. The number of nitrogens with one attached hydrogen (secondary N) is 1. The van der Waals surface area contributed by atoms with Crippen molar-refractivity contribution in [3.05, 3.63) is 73.1 Å². The monoisotopic (exact) mass is 552 g/mol. The largest absolute Gasteiger partial charge is 0.496 e. The van der Waals surface area contributed by atoms with Crippen LogP contribution in [-0.2, 0) is 13.7 Å². The van der Waals surface area contributed by atoms with Crippen molar-refractivity contribution in [2.24, 2.45) is 12.1 Å². The number of aromatic nitrogens is 2. The zero-order valence-corrected chi connectivity index (χ0v) is 20.5. The van der Waals surface area contributed by atoms with E-state index in [1.165, 1.54) is 0 Å². The van der Waals surface area contributed by atoms with Gasteiger partial charge in [0.25, 0.3) is 5.91 Å². The number of rotatable bonds is 7. The van der Waals surface area contributed by atoms with Crippen molar-refractivity contribution in [1.82, 2.24) is 15.2 Å². The molecule has 9 heteroatoms. The zero-order valence-electron chi connectivity index (χ0n) is 17.6. The Morgan fingerprint density at radius 1 is 1.29 bits per heavy atom. The number of hydrogen-bond donors (Lipinski definition) is 1. The van der Waals surface area contributed by atoms with Crippen LogP contribution in [0.15, 0.2) is 41.6 Å². The molecule has 1 amide bonds.